The summed E-state index contributed by atoms with van der Waals surface area (Å²) in [6.45, 7) is 3.90. The Hall–Kier alpha value is -2.73. The SMILES string of the molecule is CN[C@@H](CC(C)C)C(=O)N[C@H]1C[C@@](O)(C(=O)N[C@@H](Cc2ccc(O)cc2)C(N)=O)C[C@@H](O)[C@@H]1O. The molecular weight excluding hydrogens is 444 g/mol. The molecule has 6 atom stereocenters. The smallest absolute Gasteiger partial charge is 0.252 e. The highest BCUT2D eigenvalue weighted by Crippen LogP contribution is 2.30. The molecule has 0 saturated heterocycles. The van der Waals surface area contributed by atoms with Gasteiger partial charge in [-0.3, -0.25) is 14.4 Å². The minimum Gasteiger partial charge on any atom is -0.508 e. The van der Waals surface area contributed by atoms with E-state index in [2.05, 4.69) is 16.0 Å². The lowest BCUT2D eigenvalue weighted by atomic mass is 9.77. The number of phenolic OH excluding ortho intramolecular Hbond substituents is 1. The highest BCUT2D eigenvalue weighted by atomic mass is 16.3. The highest BCUT2D eigenvalue weighted by Gasteiger charge is 2.50. The largest absolute Gasteiger partial charge is 0.508 e. The summed E-state index contributed by atoms with van der Waals surface area (Å²) in [7, 11) is 1.63. The van der Waals surface area contributed by atoms with Gasteiger partial charge in [0.2, 0.25) is 11.8 Å². The van der Waals surface area contributed by atoms with Crippen LogP contribution in [0.5, 0.6) is 5.75 Å². The molecule has 1 aromatic carbocycles. The van der Waals surface area contributed by atoms with Gasteiger partial charge in [-0.05, 0) is 37.1 Å². The van der Waals surface area contributed by atoms with E-state index < -0.39 is 60.1 Å². The molecule has 1 saturated carbocycles. The molecule has 1 aliphatic carbocycles. The first-order chi connectivity index (χ1) is 15.9. The monoisotopic (exact) mass is 480 g/mol. The van der Waals surface area contributed by atoms with Gasteiger partial charge in [0.05, 0.1) is 18.2 Å². The molecule has 9 N–H and O–H groups in total. The zero-order chi connectivity index (χ0) is 25.6. The van der Waals surface area contributed by atoms with E-state index in [0.29, 0.717) is 12.0 Å². The predicted octanol–water partition coefficient (Wildman–Crippen LogP) is -1.73. The fraction of sp³-hybridized carbons (Fsp3) is 0.609. The maximum absolute atomic E-state index is 13.0. The Balaban J connectivity index is 2.13. The fourth-order valence-electron chi connectivity index (χ4n) is 4.12. The summed E-state index contributed by atoms with van der Waals surface area (Å²) in [5.41, 5.74) is 3.88. The molecular formula is C23H36N4O7. The van der Waals surface area contributed by atoms with E-state index in [1.165, 1.54) is 12.1 Å². The number of aliphatic hydroxyl groups excluding tert-OH is 2. The summed E-state index contributed by atoms with van der Waals surface area (Å²) in [5.74, 6) is -1.97. The Morgan fingerprint density at radius 2 is 1.74 bits per heavy atom. The second-order valence-electron chi connectivity index (χ2n) is 9.38. The lowest BCUT2D eigenvalue weighted by Gasteiger charge is -2.42. The Kier molecular flexibility index (Phi) is 9.39. The van der Waals surface area contributed by atoms with Crippen molar-refractivity contribution in [2.24, 2.45) is 11.7 Å². The number of nitrogens with two attached hydrogens (primary N) is 1. The van der Waals surface area contributed by atoms with Gasteiger partial charge in [0.25, 0.3) is 5.91 Å². The molecule has 1 aliphatic rings. The first kappa shape index (κ1) is 27.5. The normalized spacial score (nSPS) is 26.5. The van der Waals surface area contributed by atoms with E-state index in [-0.39, 0.29) is 24.5 Å². The molecule has 0 radical (unpaired) electrons. The molecule has 3 amide bonds. The first-order valence-electron chi connectivity index (χ1n) is 11.3. The summed E-state index contributed by atoms with van der Waals surface area (Å²) in [5, 5.41) is 49.1. The maximum atomic E-state index is 13.0. The van der Waals surface area contributed by atoms with Crippen LogP contribution in [0.25, 0.3) is 0 Å². The lowest BCUT2D eigenvalue weighted by molar-refractivity contribution is -0.160. The number of benzene rings is 1. The minimum atomic E-state index is -2.16. The van der Waals surface area contributed by atoms with Crippen LogP contribution in [0.1, 0.15) is 38.7 Å². The number of hydrogen-bond acceptors (Lipinski definition) is 8. The van der Waals surface area contributed by atoms with Crippen LogP contribution in [0.2, 0.25) is 0 Å². The molecule has 0 heterocycles. The number of rotatable bonds is 10. The van der Waals surface area contributed by atoms with Gasteiger partial charge in [-0.25, -0.2) is 0 Å². The second-order valence-corrected chi connectivity index (χ2v) is 9.38. The van der Waals surface area contributed by atoms with Gasteiger partial charge >= 0.3 is 0 Å². The fourth-order valence-corrected chi connectivity index (χ4v) is 4.12. The van der Waals surface area contributed by atoms with Crippen molar-refractivity contribution in [1.29, 1.82) is 0 Å². The summed E-state index contributed by atoms with van der Waals surface area (Å²) >= 11 is 0. The zero-order valence-corrected chi connectivity index (χ0v) is 19.7. The number of nitrogens with one attached hydrogen (secondary N) is 3. The molecule has 0 spiro atoms. The Morgan fingerprint density at radius 1 is 1.12 bits per heavy atom. The van der Waals surface area contributed by atoms with Crippen LogP contribution in [0.4, 0.5) is 0 Å². The van der Waals surface area contributed by atoms with Crippen LogP contribution in [0.3, 0.4) is 0 Å². The molecule has 1 fully saturated rings. The number of carbonyl (C=O) groups is 3. The van der Waals surface area contributed by atoms with Crippen LogP contribution >= 0.6 is 0 Å². The summed E-state index contributed by atoms with van der Waals surface area (Å²) in [6, 6.07) is 3.15. The van der Waals surface area contributed by atoms with Gasteiger partial charge < -0.3 is 42.1 Å². The van der Waals surface area contributed by atoms with Gasteiger partial charge in [-0.2, -0.15) is 0 Å². The third-order valence-electron chi connectivity index (χ3n) is 6.06. The molecule has 1 aromatic rings. The Bertz CT molecular complexity index is 863. The lowest BCUT2D eigenvalue weighted by Crippen LogP contribution is -2.65. The molecule has 2 rings (SSSR count). The second kappa shape index (κ2) is 11.6. The zero-order valence-electron chi connectivity index (χ0n) is 19.7. The average Bonchev–Trinajstić information content (AvgIpc) is 2.76. The van der Waals surface area contributed by atoms with Crippen molar-refractivity contribution in [3.8, 4) is 5.75 Å². The molecule has 11 heteroatoms. The third-order valence-corrected chi connectivity index (χ3v) is 6.06. The van der Waals surface area contributed by atoms with E-state index in [0.717, 1.165) is 0 Å². The van der Waals surface area contributed by atoms with Gasteiger partial charge in [0, 0.05) is 19.3 Å². The Morgan fingerprint density at radius 3 is 2.26 bits per heavy atom. The topological polar surface area (TPSA) is 194 Å². The third kappa shape index (κ3) is 7.13. The quantitative estimate of drug-likeness (QED) is 0.193. The summed E-state index contributed by atoms with van der Waals surface area (Å²) in [4.78, 5) is 37.6. The van der Waals surface area contributed by atoms with Gasteiger partial charge in [-0.1, -0.05) is 26.0 Å². The predicted molar refractivity (Wildman–Crippen MR) is 123 cm³/mol. The van der Waals surface area contributed by atoms with E-state index in [1.807, 2.05) is 13.8 Å². The van der Waals surface area contributed by atoms with Crippen LogP contribution in [-0.2, 0) is 20.8 Å². The first-order valence-corrected chi connectivity index (χ1v) is 11.3. The van der Waals surface area contributed by atoms with Crippen LogP contribution in [-0.4, -0.2) is 81.1 Å². The van der Waals surface area contributed by atoms with Crippen molar-refractivity contribution in [3.63, 3.8) is 0 Å². The van der Waals surface area contributed by atoms with Crippen LogP contribution < -0.4 is 21.7 Å². The molecule has 0 aromatic heterocycles. The van der Waals surface area contributed by atoms with Crippen LogP contribution in [0, 0.1) is 5.92 Å². The molecule has 0 bridgehead atoms. The van der Waals surface area contributed by atoms with Crippen molar-refractivity contribution in [2.75, 3.05) is 7.05 Å². The number of likely N-dealkylation sites (N-methyl/N-ethyl adjacent to an activating group) is 1. The van der Waals surface area contributed by atoms with Crippen molar-refractivity contribution in [3.05, 3.63) is 29.8 Å². The number of aliphatic hydroxyl groups is 3. The van der Waals surface area contributed by atoms with Crippen molar-refractivity contribution >= 4 is 17.7 Å². The van der Waals surface area contributed by atoms with E-state index in [9.17, 15) is 34.8 Å². The standard InChI is InChI=1S/C23H36N4O7/c1-12(2)8-16(25-3)21(32)26-17-10-23(34,11-18(29)19(17)30)22(33)27-15(20(24)31)9-13-4-6-14(28)7-5-13/h4-7,12,15-19,25,28-30,34H,8-11H2,1-3H3,(H2,24,31)(H,26,32)(H,27,33)/t15-,16-,17-,18+,19+,23-/m0/s1. The van der Waals surface area contributed by atoms with Crippen molar-refractivity contribution in [2.45, 2.75) is 75.5 Å². The molecule has 0 unspecified atom stereocenters. The van der Waals surface area contributed by atoms with Gasteiger partial charge in [0.1, 0.15) is 23.5 Å². The summed E-state index contributed by atoms with van der Waals surface area (Å²) in [6.07, 6.45) is -3.20. The number of hydrogen-bond donors (Lipinski definition) is 8. The maximum Gasteiger partial charge on any atom is 0.252 e. The number of phenols is 1. The van der Waals surface area contributed by atoms with Gasteiger partial charge in [0.15, 0.2) is 0 Å². The minimum absolute atomic E-state index is 0.0157. The van der Waals surface area contributed by atoms with Gasteiger partial charge in [-0.15, -0.1) is 0 Å². The molecule has 34 heavy (non-hydrogen) atoms. The number of amides is 3. The van der Waals surface area contributed by atoms with E-state index in [1.54, 1.807) is 19.2 Å². The highest BCUT2D eigenvalue weighted by molar-refractivity contribution is 5.91. The van der Waals surface area contributed by atoms with E-state index in [4.69, 9.17) is 5.73 Å². The van der Waals surface area contributed by atoms with Crippen molar-refractivity contribution < 1.29 is 34.8 Å². The molecule has 190 valence electrons. The van der Waals surface area contributed by atoms with E-state index >= 15 is 0 Å². The average molecular weight is 481 g/mol. The molecule has 0 aliphatic heterocycles. The number of carbonyl (C=O) groups excluding carboxylic acids is 3. The van der Waals surface area contributed by atoms with Crippen molar-refractivity contribution in [1.82, 2.24) is 16.0 Å². The Labute approximate surface area is 198 Å². The summed E-state index contributed by atoms with van der Waals surface area (Å²) < 4.78 is 0. The molecule has 11 nitrogen and oxygen atoms in total. The number of primary amides is 1. The number of aromatic hydroxyl groups is 1. The van der Waals surface area contributed by atoms with Crippen LogP contribution in [0.15, 0.2) is 24.3 Å².